The molecule has 1 aliphatic rings. The second-order valence-corrected chi connectivity index (χ2v) is 8.10. The first-order chi connectivity index (χ1) is 17.5. The highest BCUT2D eigenvalue weighted by atomic mass is 16.5. The molecule has 0 aliphatic carbocycles. The molecule has 190 valence electrons. The molecule has 0 bridgehead atoms. The van der Waals surface area contributed by atoms with Crippen LogP contribution in [0.2, 0.25) is 0 Å². The highest BCUT2D eigenvalue weighted by Gasteiger charge is 2.22. The van der Waals surface area contributed by atoms with Crippen LogP contribution in [0, 0.1) is 5.41 Å². The van der Waals surface area contributed by atoms with Gasteiger partial charge in [-0.3, -0.25) is 4.79 Å². The third kappa shape index (κ3) is 8.12. The number of carbonyl (C=O) groups is 3. The van der Waals surface area contributed by atoms with Gasteiger partial charge in [0.25, 0.3) is 5.91 Å². The minimum Gasteiger partial charge on any atom is -0.480 e. The number of hydrogen-bond donors (Lipinski definition) is 6. The minimum absolute atomic E-state index is 0.00543. The molecule has 0 fully saturated rings. The van der Waals surface area contributed by atoms with E-state index in [1.54, 1.807) is 24.3 Å². The highest BCUT2D eigenvalue weighted by Crippen LogP contribution is 2.19. The molecule has 0 spiro atoms. The number of ether oxygens (including phenoxy) is 1. The summed E-state index contributed by atoms with van der Waals surface area (Å²) in [7, 11) is 0. The van der Waals surface area contributed by atoms with Crippen LogP contribution in [0.15, 0.2) is 54.2 Å². The summed E-state index contributed by atoms with van der Waals surface area (Å²) in [5.41, 5.74) is 2.87. The van der Waals surface area contributed by atoms with E-state index in [9.17, 15) is 19.5 Å². The topological polar surface area (TPSA) is 166 Å². The zero-order valence-corrected chi connectivity index (χ0v) is 19.8. The maximum atomic E-state index is 12.4. The van der Waals surface area contributed by atoms with E-state index in [4.69, 9.17) is 10.1 Å². The molecule has 0 saturated carbocycles. The van der Waals surface area contributed by atoms with Crippen molar-refractivity contribution in [2.45, 2.75) is 31.9 Å². The monoisotopic (exact) mass is 494 g/mol. The summed E-state index contributed by atoms with van der Waals surface area (Å²) in [5, 5.41) is 27.8. The van der Waals surface area contributed by atoms with Crippen LogP contribution in [0.25, 0.3) is 0 Å². The number of carboxylic acid groups (broad SMARTS) is 1. The summed E-state index contributed by atoms with van der Waals surface area (Å²) in [6.45, 7) is 0.999. The molecule has 11 nitrogen and oxygen atoms in total. The largest absolute Gasteiger partial charge is 0.480 e. The van der Waals surface area contributed by atoms with Crippen LogP contribution in [0.5, 0.6) is 0 Å². The van der Waals surface area contributed by atoms with E-state index in [0.29, 0.717) is 13.0 Å². The lowest BCUT2D eigenvalue weighted by atomic mass is 10.1. The molecular formula is C25H30N6O5. The Balaban J connectivity index is 1.43. The predicted octanol–water partition coefficient (Wildman–Crippen LogP) is 1.60. The zero-order valence-electron chi connectivity index (χ0n) is 19.8. The van der Waals surface area contributed by atoms with Crippen molar-refractivity contribution < 1.29 is 24.2 Å². The quantitative estimate of drug-likeness (QED) is 0.147. The van der Waals surface area contributed by atoms with E-state index >= 15 is 0 Å². The van der Waals surface area contributed by atoms with Gasteiger partial charge in [-0.2, -0.15) is 0 Å². The number of fused-ring (bicyclic) bond motifs is 1. The molecule has 1 atom stereocenters. The molecule has 1 aromatic carbocycles. The summed E-state index contributed by atoms with van der Waals surface area (Å²) >= 11 is 0. The highest BCUT2D eigenvalue weighted by molar-refractivity contribution is 6.11. The number of anilines is 1. The lowest BCUT2D eigenvalue weighted by Gasteiger charge is -2.17. The number of carboxylic acids is 1. The summed E-state index contributed by atoms with van der Waals surface area (Å²) in [5.74, 6) is -1.07. The lowest BCUT2D eigenvalue weighted by molar-refractivity contribution is -0.139. The van der Waals surface area contributed by atoms with Crippen molar-refractivity contribution in [3.63, 3.8) is 0 Å². The Morgan fingerprint density at radius 3 is 2.75 bits per heavy atom. The number of hydrogen-bond acceptors (Lipinski definition) is 8. The average molecular weight is 495 g/mol. The van der Waals surface area contributed by atoms with Gasteiger partial charge in [-0.15, -0.1) is 0 Å². The van der Waals surface area contributed by atoms with Crippen molar-refractivity contribution >= 4 is 30.0 Å². The van der Waals surface area contributed by atoms with Crippen LogP contribution in [0.4, 0.5) is 10.6 Å². The number of nitrogens with zero attached hydrogens (tertiary/aromatic N) is 1. The molecule has 36 heavy (non-hydrogen) atoms. The van der Waals surface area contributed by atoms with Crippen LogP contribution in [0.1, 0.15) is 23.2 Å². The smallest absolute Gasteiger partial charge is 0.408 e. The van der Waals surface area contributed by atoms with E-state index in [0.717, 1.165) is 42.7 Å². The van der Waals surface area contributed by atoms with Crippen LogP contribution >= 0.6 is 0 Å². The molecule has 0 unspecified atom stereocenters. The van der Waals surface area contributed by atoms with Gasteiger partial charge in [0.05, 0.1) is 5.57 Å². The van der Waals surface area contributed by atoms with Gasteiger partial charge in [0, 0.05) is 44.2 Å². The molecule has 11 heteroatoms. The molecular weight excluding hydrogens is 464 g/mol. The molecule has 0 radical (unpaired) electrons. The van der Waals surface area contributed by atoms with Crippen LogP contribution in [-0.4, -0.2) is 60.0 Å². The van der Waals surface area contributed by atoms with E-state index < -0.39 is 24.0 Å². The first kappa shape index (κ1) is 26.2. The first-order valence-corrected chi connectivity index (χ1v) is 11.6. The Morgan fingerprint density at radius 1 is 1.19 bits per heavy atom. The summed E-state index contributed by atoms with van der Waals surface area (Å²) < 4.78 is 5.02. The molecule has 6 N–H and O–H groups in total. The predicted molar refractivity (Wildman–Crippen MR) is 134 cm³/mol. The van der Waals surface area contributed by atoms with Gasteiger partial charge in [-0.1, -0.05) is 36.4 Å². The van der Waals surface area contributed by atoms with Crippen LogP contribution < -0.4 is 21.3 Å². The fraction of sp³-hybridized carbons (Fsp3) is 0.320. The van der Waals surface area contributed by atoms with Gasteiger partial charge in [0.1, 0.15) is 18.5 Å². The number of carbonyl (C=O) groups excluding carboxylic acids is 2. The van der Waals surface area contributed by atoms with Gasteiger partial charge < -0.3 is 36.5 Å². The maximum Gasteiger partial charge on any atom is 0.408 e. The summed E-state index contributed by atoms with van der Waals surface area (Å²) in [6.07, 6.45) is 4.06. The standard InChI is InChI=1S/C25H30N6O5/c26-13-19(14-27-12-10-20-9-8-18-7-4-11-28-22(18)30-20)23(32)29-15-21(24(33)34)31-25(35)36-16-17-5-2-1-3-6-17/h1-3,5-6,8-9,13-14,21,26-27H,4,7,10-12,15-16H2,(H,28,30)(H,29,32)(H,31,35)(H,33,34)/b19-14+,26-13?/t21-/m0/s1. The van der Waals surface area contributed by atoms with E-state index in [-0.39, 0.29) is 18.7 Å². The Labute approximate surface area is 208 Å². The fourth-order valence-corrected chi connectivity index (χ4v) is 3.47. The zero-order chi connectivity index (χ0) is 25.8. The molecule has 0 saturated heterocycles. The number of alkyl carbamates (subject to hydrolysis) is 1. The average Bonchev–Trinajstić information content (AvgIpc) is 2.90. The number of benzene rings is 1. The molecule has 1 aliphatic heterocycles. The van der Waals surface area contributed by atoms with Crippen LogP contribution in [0.3, 0.4) is 0 Å². The summed E-state index contributed by atoms with van der Waals surface area (Å²) in [4.78, 5) is 40.5. The second kappa shape index (κ2) is 13.5. The molecule has 3 rings (SSSR count). The molecule has 1 aromatic heterocycles. The van der Waals surface area contributed by atoms with Gasteiger partial charge in [0.2, 0.25) is 0 Å². The van der Waals surface area contributed by atoms with E-state index in [1.807, 2.05) is 12.1 Å². The molecule has 2 amide bonds. The molecule has 2 heterocycles. The minimum atomic E-state index is -1.40. The van der Waals surface area contributed by atoms with E-state index in [2.05, 4.69) is 32.3 Å². The third-order valence-corrected chi connectivity index (χ3v) is 5.42. The van der Waals surface area contributed by atoms with Gasteiger partial charge in [-0.25, -0.2) is 14.6 Å². The third-order valence-electron chi connectivity index (χ3n) is 5.42. The van der Waals surface area contributed by atoms with Gasteiger partial charge in [-0.05, 0) is 30.0 Å². The number of rotatable bonds is 12. The van der Waals surface area contributed by atoms with Crippen molar-refractivity contribution in [2.24, 2.45) is 0 Å². The SMILES string of the molecule is N=C/C(=C\NCCc1ccc2c(n1)NCCC2)C(=O)NC[C@H](NC(=O)OCc1ccccc1)C(=O)O. The fourth-order valence-electron chi connectivity index (χ4n) is 3.47. The van der Waals surface area contributed by atoms with Crippen molar-refractivity contribution in [1.29, 1.82) is 5.41 Å². The lowest BCUT2D eigenvalue weighted by Crippen LogP contribution is -2.48. The van der Waals surface area contributed by atoms with E-state index in [1.165, 1.54) is 11.8 Å². The first-order valence-electron chi connectivity index (χ1n) is 11.6. The van der Waals surface area contributed by atoms with Crippen molar-refractivity contribution in [1.82, 2.24) is 20.9 Å². The Bertz CT molecular complexity index is 1110. The van der Waals surface area contributed by atoms with Crippen molar-refractivity contribution in [3.8, 4) is 0 Å². The Morgan fingerprint density at radius 2 is 2.00 bits per heavy atom. The Hall–Kier alpha value is -4.41. The number of aliphatic carboxylic acids is 1. The summed E-state index contributed by atoms with van der Waals surface area (Å²) in [6, 6.07) is 11.6. The number of amides is 2. The van der Waals surface area contributed by atoms with Gasteiger partial charge in [0.15, 0.2) is 0 Å². The number of aromatic nitrogens is 1. The molecule has 2 aromatic rings. The van der Waals surface area contributed by atoms with Crippen molar-refractivity contribution in [3.05, 3.63) is 71.1 Å². The second-order valence-electron chi connectivity index (χ2n) is 8.10. The Kier molecular flexibility index (Phi) is 9.80. The number of aryl methyl sites for hydroxylation is 1. The number of nitrogens with one attached hydrogen (secondary N) is 5. The van der Waals surface area contributed by atoms with Crippen molar-refractivity contribution in [2.75, 3.05) is 25.0 Å². The van der Waals surface area contributed by atoms with Gasteiger partial charge >= 0.3 is 12.1 Å². The maximum absolute atomic E-state index is 12.4. The van der Waals surface area contributed by atoms with Crippen LogP contribution in [-0.2, 0) is 33.8 Å². The number of pyridine rings is 1. The normalized spacial score (nSPS) is 13.4.